The number of nitrogens with zero attached hydrogens (tertiary/aromatic N) is 4. The molecule has 138 valence electrons. The first-order valence-corrected chi connectivity index (χ1v) is 10.5. The molecule has 6 nitrogen and oxygen atoms in total. The van der Waals surface area contributed by atoms with E-state index >= 15 is 0 Å². The summed E-state index contributed by atoms with van der Waals surface area (Å²) in [4.78, 5) is 22.8. The monoisotopic (exact) mass is 379 g/mol. The van der Waals surface area contributed by atoms with Crippen LogP contribution in [0.4, 0.5) is 0 Å². The van der Waals surface area contributed by atoms with E-state index in [2.05, 4.69) is 26.2 Å². The third-order valence-electron chi connectivity index (χ3n) is 5.18. The molecule has 2 aromatic heterocycles. The van der Waals surface area contributed by atoms with Gasteiger partial charge in [-0.15, -0.1) is 10.2 Å². The SMILES string of the molecule is O=C(CSc1nnc2c(n1)[nH]c1ccccc12)N(C1=CCCCC1)C1CC1. The molecule has 2 heterocycles. The minimum Gasteiger partial charge on any atom is -0.338 e. The second-order valence-electron chi connectivity index (χ2n) is 7.19. The van der Waals surface area contributed by atoms with Crippen molar-refractivity contribution < 1.29 is 4.79 Å². The van der Waals surface area contributed by atoms with Gasteiger partial charge >= 0.3 is 0 Å². The smallest absolute Gasteiger partial charge is 0.237 e. The van der Waals surface area contributed by atoms with Gasteiger partial charge in [-0.05, 0) is 44.6 Å². The van der Waals surface area contributed by atoms with Crippen molar-refractivity contribution in [2.45, 2.75) is 49.7 Å². The zero-order chi connectivity index (χ0) is 18.2. The number of allylic oxidation sites excluding steroid dienone is 2. The first-order chi connectivity index (χ1) is 13.3. The van der Waals surface area contributed by atoms with Crippen LogP contribution in [0.5, 0.6) is 0 Å². The minimum absolute atomic E-state index is 0.163. The maximum absolute atomic E-state index is 12.9. The van der Waals surface area contributed by atoms with Crippen LogP contribution in [0, 0.1) is 0 Å². The number of amides is 1. The average molecular weight is 379 g/mol. The van der Waals surface area contributed by atoms with Crippen molar-refractivity contribution in [1.82, 2.24) is 25.1 Å². The Morgan fingerprint density at radius 1 is 1.22 bits per heavy atom. The molecule has 5 rings (SSSR count). The van der Waals surface area contributed by atoms with Crippen LogP contribution in [-0.4, -0.2) is 42.8 Å². The lowest BCUT2D eigenvalue weighted by molar-refractivity contribution is -0.127. The number of hydrogen-bond acceptors (Lipinski definition) is 5. The van der Waals surface area contributed by atoms with Crippen LogP contribution in [0.3, 0.4) is 0 Å². The zero-order valence-corrected chi connectivity index (χ0v) is 15.8. The van der Waals surface area contributed by atoms with Crippen LogP contribution in [0.2, 0.25) is 0 Å². The van der Waals surface area contributed by atoms with Crippen molar-refractivity contribution in [2.75, 3.05) is 5.75 Å². The number of nitrogens with one attached hydrogen (secondary N) is 1. The van der Waals surface area contributed by atoms with Gasteiger partial charge < -0.3 is 9.88 Å². The summed E-state index contributed by atoms with van der Waals surface area (Å²) in [5.74, 6) is 0.511. The second-order valence-corrected chi connectivity index (χ2v) is 8.13. The van der Waals surface area contributed by atoms with Gasteiger partial charge in [-0.25, -0.2) is 4.98 Å². The highest BCUT2D eigenvalue weighted by Gasteiger charge is 2.35. The van der Waals surface area contributed by atoms with Crippen molar-refractivity contribution in [1.29, 1.82) is 0 Å². The van der Waals surface area contributed by atoms with Gasteiger partial charge in [0.2, 0.25) is 11.1 Å². The van der Waals surface area contributed by atoms with E-state index in [1.165, 1.54) is 30.3 Å². The molecule has 1 fully saturated rings. The molecule has 1 aromatic carbocycles. The molecule has 0 unspecified atom stereocenters. The number of carbonyl (C=O) groups is 1. The van der Waals surface area contributed by atoms with E-state index in [1.807, 2.05) is 29.2 Å². The third kappa shape index (κ3) is 3.32. The number of para-hydroxylation sites is 1. The summed E-state index contributed by atoms with van der Waals surface area (Å²) >= 11 is 1.37. The Hall–Kier alpha value is -2.41. The summed E-state index contributed by atoms with van der Waals surface area (Å²) in [5, 5.41) is 10.1. The molecule has 3 aromatic rings. The molecule has 0 aliphatic heterocycles. The van der Waals surface area contributed by atoms with Gasteiger partial charge in [0.25, 0.3) is 0 Å². The van der Waals surface area contributed by atoms with E-state index in [0.29, 0.717) is 17.0 Å². The van der Waals surface area contributed by atoms with Gasteiger partial charge in [0.1, 0.15) is 5.52 Å². The normalized spacial score (nSPS) is 17.3. The van der Waals surface area contributed by atoms with E-state index < -0.39 is 0 Å². The number of aromatic nitrogens is 4. The fourth-order valence-electron chi connectivity index (χ4n) is 3.73. The highest BCUT2D eigenvalue weighted by Crippen LogP contribution is 2.34. The molecule has 2 aliphatic rings. The molecular weight excluding hydrogens is 358 g/mol. The van der Waals surface area contributed by atoms with Gasteiger partial charge in [-0.1, -0.05) is 36.0 Å². The first kappa shape index (κ1) is 16.7. The van der Waals surface area contributed by atoms with E-state index in [9.17, 15) is 4.79 Å². The fraction of sp³-hybridized carbons (Fsp3) is 0.400. The molecule has 2 aliphatic carbocycles. The molecule has 1 amide bonds. The molecule has 0 spiro atoms. The number of fused-ring (bicyclic) bond motifs is 3. The minimum atomic E-state index is 0.163. The topological polar surface area (TPSA) is 74.8 Å². The molecule has 0 saturated heterocycles. The highest BCUT2D eigenvalue weighted by molar-refractivity contribution is 7.99. The fourth-order valence-corrected chi connectivity index (χ4v) is 4.38. The van der Waals surface area contributed by atoms with Crippen molar-refractivity contribution in [3.05, 3.63) is 36.0 Å². The number of aromatic amines is 1. The largest absolute Gasteiger partial charge is 0.338 e. The molecular formula is C20H21N5OS. The first-order valence-electron chi connectivity index (χ1n) is 9.54. The van der Waals surface area contributed by atoms with Gasteiger partial charge in [0, 0.05) is 22.6 Å². The molecule has 0 bridgehead atoms. The van der Waals surface area contributed by atoms with Crippen LogP contribution in [0.15, 0.2) is 41.2 Å². The van der Waals surface area contributed by atoms with Gasteiger partial charge in [-0.3, -0.25) is 4.79 Å². The summed E-state index contributed by atoms with van der Waals surface area (Å²) in [6.45, 7) is 0. The Bertz CT molecular complexity index is 1040. The molecule has 1 N–H and O–H groups in total. The maximum Gasteiger partial charge on any atom is 0.237 e. The molecule has 7 heteroatoms. The summed E-state index contributed by atoms with van der Waals surface area (Å²) in [6, 6.07) is 8.36. The van der Waals surface area contributed by atoms with Crippen LogP contribution in [0.1, 0.15) is 38.5 Å². The number of benzene rings is 1. The Morgan fingerprint density at radius 3 is 2.93 bits per heavy atom. The Morgan fingerprint density at radius 2 is 2.11 bits per heavy atom. The van der Waals surface area contributed by atoms with E-state index in [0.717, 1.165) is 47.8 Å². The number of thioether (sulfide) groups is 1. The predicted octanol–water partition coefficient (Wildman–Crippen LogP) is 4.05. The van der Waals surface area contributed by atoms with Crippen LogP contribution in [0.25, 0.3) is 22.1 Å². The average Bonchev–Trinajstić information content (AvgIpc) is 3.46. The van der Waals surface area contributed by atoms with E-state index in [-0.39, 0.29) is 5.91 Å². The lowest BCUT2D eigenvalue weighted by atomic mass is 10.0. The third-order valence-corrected chi connectivity index (χ3v) is 6.01. The molecule has 27 heavy (non-hydrogen) atoms. The second kappa shape index (κ2) is 6.96. The van der Waals surface area contributed by atoms with Gasteiger partial charge in [0.05, 0.1) is 5.75 Å². The van der Waals surface area contributed by atoms with Crippen molar-refractivity contribution >= 4 is 39.7 Å². The van der Waals surface area contributed by atoms with Crippen LogP contribution >= 0.6 is 11.8 Å². The van der Waals surface area contributed by atoms with E-state index in [1.54, 1.807) is 0 Å². The molecule has 0 atom stereocenters. The zero-order valence-electron chi connectivity index (χ0n) is 15.0. The Balaban J connectivity index is 1.33. The summed E-state index contributed by atoms with van der Waals surface area (Å²) in [6.07, 6.45) is 9.00. The maximum atomic E-state index is 12.9. The van der Waals surface area contributed by atoms with Crippen LogP contribution < -0.4 is 0 Å². The van der Waals surface area contributed by atoms with Gasteiger partial charge in [0.15, 0.2) is 5.65 Å². The van der Waals surface area contributed by atoms with Crippen molar-refractivity contribution in [2.24, 2.45) is 0 Å². The summed E-state index contributed by atoms with van der Waals surface area (Å²) < 4.78 is 0. The Labute approximate surface area is 161 Å². The van der Waals surface area contributed by atoms with Crippen molar-refractivity contribution in [3.8, 4) is 0 Å². The predicted molar refractivity (Wildman–Crippen MR) is 106 cm³/mol. The number of hydrogen-bond donors (Lipinski definition) is 1. The summed E-state index contributed by atoms with van der Waals surface area (Å²) in [5.41, 5.74) is 3.71. The van der Waals surface area contributed by atoms with Gasteiger partial charge in [-0.2, -0.15) is 0 Å². The summed E-state index contributed by atoms with van der Waals surface area (Å²) in [7, 11) is 0. The molecule has 0 radical (unpaired) electrons. The quantitative estimate of drug-likeness (QED) is 0.677. The lowest BCUT2D eigenvalue weighted by Gasteiger charge is -2.27. The number of carbonyl (C=O) groups excluding carboxylic acids is 1. The molecule has 1 saturated carbocycles. The number of rotatable bonds is 5. The Kier molecular flexibility index (Phi) is 4.32. The number of H-pyrrole nitrogens is 1. The van der Waals surface area contributed by atoms with Crippen molar-refractivity contribution in [3.63, 3.8) is 0 Å². The van der Waals surface area contributed by atoms with Crippen LogP contribution in [-0.2, 0) is 4.79 Å². The lowest BCUT2D eigenvalue weighted by Crippen LogP contribution is -2.34. The van der Waals surface area contributed by atoms with E-state index in [4.69, 9.17) is 0 Å². The highest BCUT2D eigenvalue weighted by atomic mass is 32.2. The standard InChI is InChI=1S/C20H21N5OS/c26-17(25(14-10-11-14)13-6-2-1-3-7-13)12-27-20-22-19-18(23-24-20)15-8-4-5-9-16(15)21-19/h4-6,8-9,14H,1-3,7,10-12H2,(H,21,22,24).